The third-order valence-corrected chi connectivity index (χ3v) is 4.10. The summed E-state index contributed by atoms with van der Waals surface area (Å²) in [6.07, 6.45) is 0. The topological polar surface area (TPSA) is 58.1 Å². The van der Waals surface area contributed by atoms with E-state index in [0.717, 1.165) is 44.6 Å². The molecule has 1 atom stereocenters. The Morgan fingerprint density at radius 3 is 2.40 bits per heavy atom. The molecule has 2 rings (SSSR count). The lowest BCUT2D eigenvalue weighted by molar-refractivity contribution is 0.0170. The van der Waals surface area contributed by atoms with Gasteiger partial charge >= 0.3 is 0 Å². The van der Waals surface area contributed by atoms with Gasteiger partial charge in [-0.1, -0.05) is 12.1 Å². The maximum Gasteiger partial charge on any atom is 0.191 e. The first-order valence-corrected chi connectivity index (χ1v) is 8.57. The van der Waals surface area contributed by atoms with E-state index in [1.165, 1.54) is 5.56 Å². The fourth-order valence-corrected chi connectivity index (χ4v) is 2.83. The molecular weight excluding hydrogens is 431 g/mol. The first-order valence-electron chi connectivity index (χ1n) is 8.57. The van der Waals surface area contributed by atoms with Crippen molar-refractivity contribution >= 4 is 29.9 Å². The van der Waals surface area contributed by atoms with Crippen LogP contribution in [0.15, 0.2) is 29.3 Å². The number of aliphatic imine (C=N–C) groups is 1. The zero-order valence-electron chi connectivity index (χ0n) is 15.6. The lowest BCUT2D eigenvalue weighted by Crippen LogP contribution is -2.47. The lowest BCUT2D eigenvalue weighted by atomic mass is 10.0. The SMILES string of the molecule is CN=C(NCC(c1ccc(OC)cc1)N1CCOCC1)NC(C)C.I. The second-order valence-corrected chi connectivity index (χ2v) is 6.19. The molecule has 142 valence electrons. The van der Waals surface area contributed by atoms with Crippen LogP contribution in [0.1, 0.15) is 25.5 Å². The first-order chi connectivity index (χ1) is 11.6. The number of guanidine groups is 1. The predicted molar refractivity (Wildman–Crippen MR) is 113 cm³/mol. The van der Waals surface area contributed by atoms with Gasteiger partial charge in [0.05, 0.1) is 26.4 Å². The Bertz CT molecular complexity index is 516. The third kappa shape index (κ3) is 6.99. The summed E-state index contributed by atoms with van der Waals surface area (Å²) in [6, 6.07) is 8.93. The van der Waals surface area contributed by atoms with Crippen LogP contribution in [-0.4, -0.2) is 63.9 Å². The molecule has 1 aromatic carbocycles. The summed E-state index contributed by atoms with van der Waals surface area (Å²) < 4.78 is 10.8. The van der Waals surface area contributed by atoms with Gasteiger partial charge in [-0.2, -0.15) is 0 Å². The molecule has 1 heterocycles. The van der Waals surface area contributed by atoms with Gasteiger partial charge in [-0.25, -0.2) is 0 Å². The molecule has 25 heavy (non-hydrogen) atoms. The highest BCUT2D eigenvalue weighted by Gasteiger charge is 2.23. The fraction of sp³-hybridized carbons (Fsp3) is 0.611. The summed E-state index contributed by atoms with van der Waals surface area (Å²) in [6.45, 7) is 8.45. The summed E-state index contributed by atoms with van der Waals surface area (Å²) in [5.41, 5.74) is 1.27. The van der Waals surface area contributed by atoms with Crippen molar-refractivity contribution in [1.29, 1.82) is 0 Å². The van der Waals surface area contributed by atoms with Gasteiger partial charge in [0.25, 0.3) is 0 Å². The van der Waals surface area contributed by atoms with Crippen LogP contribution < -0.4 is 15.4 Å². The quantitative estimate of drug-likeness (QED) is 0.386. The van der Waals surface area contributed by atoms with Crippen molar-refractivity contribution in [3.8, 4) is 5.75 Å². The largest absolute Gasteiger partial charge is 0.497 e. The highest BCUT2D eigenvalue weighted by Crippen LogP contribution is 2.23. The number of nitrogens with one attached hydrogen (secondary N) is 2. The Morgan fingerprint density at radius 2 is 1.88 bits per heavy atom. The second kappa shape index (κ2) is 11.5. The van der Waals surface area contributed by atoms with E-state index < -0.39 is 0 Å². The van der Waals surface area contributed by atoms with E-state index in [1.807, 2.05) is 12.1 Å². The van der Waals surface area contributed by atoms with Crippen molar-refractivity contribution in [2.45, 2.75) is 25.9 Å². The standard InChI is InChI=1S/C18H30N4O2.HI/c1-14(2)21-18(19-3)20-13-17(22-9-11-24-12-10-22)15-5-7-16(23-4)8-6-15;/h5-8,14,17H,9-13H2,1-4H3,(H2,19,20,21);1H. The summed E-state index contributed by atoms with van der Waals surface area (Å²) in [4.78, 5) is 6.76. The van der Waals surface area contributed by atoms with Gasteiger partial charge in [0.2, 0.25) is 0 Å². The number of hydrogen-bond acceptors (Lipinski definition) is 4. The Balaban J connectivity index is 0.00000312. The van der Waals surface area contributed by atoms with Gasteiger partial charge in [-0.3, -0.25) is 9.89 Å². The monoisotopic (exact) mass is 462 g/mol. The van der Waals surface area contributed by atoms with Crippen molar-refractivity contribution in [2.24, 2.45) is 4.99 Å². The number of ether oxygens (including phenoxy) is 2. The van der Waals surface area contributed by atoms with Crippen LogP contribution in [0.25, 0.3) is 0 Å². The molecule has 1 aliphatic heterocycles. The minimum atomic E-state index is 0. The van der Waals surface area contributed by atoms with Crippen LogP contribution in [0.2, 0.25) is 0 Å². The van der Waals surface area contributed by atoms with E-state index in [0.29, 0.717) is 6.04 Å². The summed E-state index contributed by atoms with van der Waals surface area (Å²) in [5.74, 6) is 1.71. The molecule has 0 bridgehead atoms. The molecule has 0 aliphatic carbocycles. The minimum Gasteiger partial charge on any atom is -0.497 e. The van der Waals surface area contributed by atoms with Gasteiger partial charge in [-0.15, -0.1) is 24.0 Å². The molecule has 0 spiro atoms. The Hall–Kier alpha value is -1.06. The van der Waals surface area contributed by atoms with Crippen LogP contribution in [0.5, 0.6) is 5.75 Å². The van der Waals surface area contributed by atoms with E-state index in [9.17, 15) is 0 Å². The molecule has 0 saturated carbocycles. The van der Waals surface area contributed by atoms with E-state index >= 15 is 0 Å². The van der Waals surface area contributed by atoms with Gasteiger partial charge in [-0.05, 0) is 31.5 Å². The lowest BCUT2D eigenvalue weighted by Gasteiger charge is -2.35. The van der Waals surface area contributed by atoms with Crippen LogP contribution in [0.3, 0.4) is 0 Å². The molecule has 2 N–H and O–H groups in total. The Morgan fingerprint density at radius 1 is 1.24 bits per heavy atom. The maximum absolute atomic E-state index is 5.50. The number of morpholine rings is 1. The van der Waals surface area contributed by atoms with E-state index in [2.05, 4.69) is 46.5 Å². The molecule has 1 fully saturated rings. The number of benzene rings is 1. The maximum atomic E-state index is 5.50. The van der Waals surface area contributed by atoms with E-state index in [-0.39, 0.29) is 30.0 Å². The zero-order chi connectivity index (χ0) is 17.4. The molecule has 0 aromatic heterocycles. The Kier molecular flexibility index (Phi) is 10.1. The number of hydrogen-bond donors (Lipinski definition) is 2. The molecule has 6 nitrogen and oxygen atoms in total. The fourth-order valence-electron chi connectivity index (χ4n) is 2.83. The summed E-state index contributed by atoms with van der Waals surface area (Å²) in [7, 11) is 3.49. The van der Waals surface area contributed by atoms with Crippen molar-refractivity contribution in [3.63, 3.8) is 0 Å². The number of halogens is 1. The van der Waals surface area contributed by atoms with Gasteiger partial charge in [0, 0.05) is 32.7 Å². The molecule has 1 saturated heterocycles. The second-order valence-electron chi connectivity index (χ2n) is 6.19. The molecule has 1 aliphatic rings. The molecular formula is C18H31IN4O2. The van der Waals surface area contributed by atoms with Crippen LogP contribution >= 0.6 is 24.0 Å². The first kappa shape index (κ1) is 22.0. The molecule has 1 unspecified atom stereocenters. The van der Waals surface area contributed by atoms with Gasteiger partial charge in [0.1, 0.15) is 5.75 Å². The third-order valence-electron chi connectivity index (χ3n) is 4.10. The van der Waals surface area contributed by atoms with Crippen molar-refractivity contribution < 1.29 is 9.47 Å². The smallest absolute Gasteiger partial charge is 0.191 e. The zero-order valence-corrected chi connectivity index (χ0v) is 17.9. The van der Waals surface area contributed by atoms with E-state index in [4.69, 9.17) is 9.47 Å². The average molecular weight is 462 g/mol. The van der Waals surface area contributed by atoms with Crippen molar-refractivity contribution in [1.82, 2.24) is 15.5 Å². The van der Waals surface area contributed by atoms with Crippen molar-refractivity contribution in [3.05, 3.63) is 29.8 Å². The molecule has 7 heteroatoms. The summed E-state index contributed by atoms with van der Waals surface area (Å²) >= 11 is 0. The number of nitrogens with zero attached hydrogens (tertiary/aromatic N) is 2. The highest BCUT2D eigenvalue weighted by molar-refractivity contribution is 14.0. The van der Waals surface area contributed by atoms with Gasteiger partial charge in [0.15, 0.2) is 5.96 Å². The number of rotatable bonds is 6. The van der Waals surface area contributed by atoms with Crippen molar-refractivity contribution in [2.75, 3.05) is 47.0 Å². The van der Waals surface area contributed by atoms with Gasteiger partial charge < -0.3 is 20.1 Å². The van der Waals surface area contributed by atoms with Crippen LogP contribution in [0, 0.1) is 0 Å². The van der Waals surface area contributed by atoms with Crippen LogP contribution in [-0.2, 0) is 4.74 Å². The highest BCUT2D eigenvalue weighted by atomic mass is 127. The molecule has 1 aromatic rings. The predicted octanol–water partition coefficient (Wildman–Crippen LogP) is 2.26. The molecule has 0 radical (unpaired) electrons. The normalized spacial score (nSPS) is 16.9. The Labute approximate surface area is 168 Å². The minimum absolute atomic E-state index is 0. The number of methoxy groups -OCH3 is 1. The average Bonchev–Trinajstić information content (AvgIpc) is 2.62. The van der Waals surface area contributed by atoms with Crippen LogP contribution in [0.4, 0.5) is 0 Å². The van der Waals surface area contributed by atoms with E-state index in [1.54, 1.807) is 14.2 Å². The summed E-state index contributed by atoms with van der Waals surface area (Å²) in [5, 5.41) is 6.78. The molecule has 0 amide bonds.